The van der Waals surface area contributed by atoms with Gasteiger partial charge < -0.3 is 10.1 Å². The molecule has 0 unspecified atom stereocenters. The molecule has 0 fully saturated rings. The van der Waals surface area contributed by atoms with Crippen molar-refractivity contribution in [3.8, 4) is 0 Å². The Hall–Kier alpha value is -1.06. The van der Waals surface area contributed by atoms with Crippen LogP contribution in [0.25, 0.3) is 0 Å². The van der Waals surface area contributed by atoms with E-state index in [9.17, 15) is 9.59 Å². The first-order valence-corrected chi connectivity index (χ1v) is 9.48. The van der Waals surface area contributed by atoms with E-state index in [1.807, 2.05) is 6.92 Å². The summed E-state index contributed by atoms with van der Waals surface area (Å²) in [5.41, 5.74) is 0. The van der Waals surface area contributed by atoms with Crippen molar-refractivity contribution in [3.63, 3.8) is 0 Å². The van der Waals surface area contributed by atoms with Gasteiger partial charge in [-0.1, -0.05) is 65.2 Å². The molecule has 0 atom stereocenters. The minimum absolute atomic E-state index is 0.0472. The Labute approximate surface area is 143 Å². The first kappa shape index (κ1) is 24.2. The van der Waals surface area contributed by atoms with E-state index in [0.717, 1.165) is 19.3 Å². The van der Waals surface area contributed by atoms with Crippen molar-refractivity contribution in [1.82, 2.24) is 5.32 Å². The third-order valence-corrected chi connectivity index (χ3v) is 3.58. The number of carbonyl (C=O) groups excluding carboxylic acids is 2. The van der Waals surface area contributed by atoms with Gasteiger partial charge in [0.05, 0.1) is 6.61 Å². The second-order valence-electron chi connectivity index (χ2n) is 5.81. The highest BCUT2D eigenvalue weighted by Crippen LogP contribution is 2.05. The summed E-state index contributed by atoms with van der Waals surface area (Å²) < 4.78 is 4.81. The molecule has 0 rings (SSSR count). The fourth-order valence-electron chi connectivity index (χ4n) is 2.12. The van der Waals surface area contributed by atoms with Crippen molar-refractivity contribution in [3.05, 3.63) is 0 Å². The maximum Gasteiger partial charge on any atom is 0.305 e. The lowest BCUT2D eigenvalue weighted by molar-refractivity contribution is -0.143. The molecule has 0 spiro atoms. The molecule has 0 saturated heterocycles. The van der Waals surface area contributed by atoms with Gasteiger partial charge in [-0.3, -0.25) is 9.59 Å². The van der Waals surface area contributed by atoms with E-state index in [0.29, 0.717) is 19.4 Å². The van der Waals surface area contributed by atoms with E-state index in [-0.39, 0.29) is 11.9 Å². The van der Waals surface area contributed by atoms with Crippen LogP contribution in [0.3, 0.4) is 0 Å². The highest BCUT2D eigenvalue weighted by molar-refractivity contribution is 5.75. The average Bonchev–Trinajstić information content (AvgIpc) is 2.55. The zero-order valence-electron chi connectivity index (χ0n) is 15.9. The van der Waals surface area contributed by atoms with Crippen LogP contribution in [0, 0.1) is 0 Å². The van der Waals surface area contributed by atoms with Crippen molar-refractivity contribution in [2.45, 2.75) is 97.8 Å². The van der Waals surface area contributed by atoms with Gasteiger partial charge in [0.25, 0.3) is 0 Å². The molecule has 4 nitrogen and oxygen atoms in total. The average molecular weight is 330 g/mol. The number of hydrogen-bond donors (Lipinski definition) is 1. The molecule has 0 aliphatic carbocycles. The number of amides is 1. The van der Waals surface area contributed by atoms with Crippen LogP contribution in [0.15, 0.2) is 0 Å². The minimum atomic E-state index is -0.0472. The zero-order chi connectivity index (χ0) is 17.8. The van der Waals surface area contributed by atoms with Crippen LogP contribution in [-0.4, -0.2) is 25.5 Å². The molecule has 0 radical (unpaired) electrons. The number of ether oxygens (including phenoxy) is 1. The summed E-state index contributed by atoms with van der Waals surface area (Å²) in [6.07, 6.45) is 13.3. The van der Waals surface area contributed by atoms with Gasteiger partial charge in [0.1, 0.15) is 0 Å². The van der Waals surface area contributed by atoms with Gasteiger partial charge in [0, 0.05) is 19.9 Å². The summed E-state index contributed by atoms with van der Waals surface area (Å²) in [4.78, 5) is 21.6. The van der Waals surface area contributed by atoms with Crippen LogP contribution in [0.1, 0.15) is 97.8 Å². The van der Waals surface area contributed by atoms with Crippen LogP contribution in [-0.2, 0) is 14.3 Å². The SMILES string of the molecule is CCCCCCCC(=O)NC.CCCCCCCC(=O)OCC. The van der Waals surface area contributed by atoms with E-state index < -0.39 is 0 Å². The Morgan fingerprint density at radius 2 is 1.22 bits per heavy atom. The molecule has 0 aromatic heterocycles. The predicted molar refractivity (Wildman–Crippen MR) is 97.5 cm³/mol. The van der Waals surface area contributed by atoms with Gasteiger partial charge in [0.15, 0.2) is 0 Å². The summed E-state index contributed by atoms with van der Waals surface area (Å²) in [6.45, 7) is 6.73. The number of unbranched alkanes of at least 4 members (excludes halogenated alkanes) is 8. The molecular weight excluding hydrogens is 290 g/mol. The number of carbonyl (C=O) groups is 2. The van der Waals surface area contributed by atoms with Crippen molar-refractivity contribution < 1.29 is 14.3 Å². The van der Waals surface area contributed by atoms with Crippen LogP contribution < -0.4 is 5.32 Å². The van der Waals surface area contributed by atoms with Gasteiger partial charge >= 0.3 is 5.97 Å². The molecule has 1 amide bonds. The normalized spacial score (nSPS) is 9.74. The van der Waals surface area contributed by atoms with E-state index in [1.165, 1.54) is 44.9 Å². The smallest absolute Gasteiger partial charge is 0.305 e. The lowest BCUT2D eigenvalue weighted by Crippen LogP contribution is -2.16. The van der Waals surface area contributed by atoms with E-state index in [1.54, 1.807) is 7.05 Å². The maximum atomic E-state index is 10.9. The highest BCUT2D eigenvalue weighted by atomic mass is 16.5. The Morgan fingerprint density at radius 3 is 1.65 bits per heavy atom. The van der Waals surface area contributed by atoms with Crippen LogP contribution in [0.4, 0.5) is 0 Å². The second kappa shape index (κ2) is 20.9. The Morgan fingerprint density at radius 1 is 0.739 bits per heavy atom. The molecular formula is C19H39NO3. The quantitative estimate of drug-likeness (QED) is 0.382. The minimum Gasteiger partial charge on any atom is -0.466 e. The molecule has 23 heavy (non-hydrogen) atoms. The molecule has 0 bridgehead atoms. The molecule has 0 aliphatic rings. The Bertz CT molecular complexity index is 267. The first-order chi connectivity index (χ1) is 11.1. The highest BCUT2D eigenvalue weighted by Gasteiger charge is 1.99. The fourth-order valence-corrected chi connectivity index (χ4v) is 2.12. The van der Waals surface area contributed by atoms with Crippen LogP contribution in [0.5, 0.6) is 0 Å². The van der Waals surface area contributed by atoms with Crippen molar-refractivity contribution in [2.24, 2.45) is 0 Å². The van der Waals surface area contributed by atoms with Crippen molar-refractivity contribution >= 4 is 11.9 Å². The number of hydrogen-bond acceptors (Lipinski definition) is 3. The molecule has 0 aromatic rings. The van der Waals surface area contributed by atoms with Gasteiger partial charge in [-0.2, -0.15) is 0 Å². The van der Waals surface area contributed by atoms with Crippen molar-refractivity contribution in [1.29, 1.82) is 0 Å². The molecule has 0 aliphatic heterocycles. The molecule has 138 valence electrons. The molecule has 4 heteroatoms. The molecule has 0 aromatic carbocycles. The summed E-state index contributed by atoms with van der Waals surface area (Å²) >= 11 is 0. The summed E-state index contributed by atoms with van der Waals surface area (Å²) in [7, 11) is 1.69. The largest absolute Gasteiger partial charge is 0.466 e. The lowest BCUT2D eigenvalue weighted by Gasteiger charge is -2.00. The predicted octanol–water partition coefficient (Wildman–Crippen LogP) is 5.00. The van der Waals surface area contributed by atoms with Crippen molar-refractivity contribution in [2.75, 3.05) is 13.7 Å². The standard InChI is InChI=1S/C10H20O2.C9H19NO/c1-3-5-6-7-8-9-10(11)12-4-2;1-3-4-5-6-7-8-9(11)10-2/h3-9H2,1-2H3;3-8H2,1-2H3,(H,10,11). The Balaban J connectivity index is 0. The third kappa shape index (κ3) is 23.3. The van der Waals surface area contributed by atoms with E-state index in [4.69, 9.17) is 4.74 Å². The molecule has 0 saturated carbocycles. The van der Waals surface area contributed by atoms with Gasteiger partial charge in [-0.05, 0) is 19.8 Å². The second-order valence-corrected chi connectivity index (χ2v) is 5.81. The summed E-state index contributed by atoms with van der Waals surface area (Å²) in [5, 5.41) is 2.62. The van der Waals surface area contributed by atoms with Crippen LogP contribution >= 0.6 is 0 Å². The van der Waals surface area contributed by atoms with Gasteiger partial charge in [-0.15, -0.1) is 0 Å². The first-order valence-electron chi connectivity index (χ1n) is 9.48. The third-order valence-electron chi connectivity index (χ3n) is 3.58. The lowest BCUT2D eigenvalue weighted by atomic mass is 10.1. The van der Waals surface area contributed by atoms with E-state index in [2.05, 4.69) is 19.2 Å². The monoisotopic (exact) mass is 329 g/mol. The topological polar surface area (TPSA) is 55.4 Å². The number of rotatable bonds is 13. The van der Waals surface area contributed by atoms with E-state index >= 15 is 0 Å². The summed E-state index contributed by atoms with van der Waals surface area (Å²) in [5.74, 6) is 0.121. The number of nitrogens with one attached hydrogen (secondary N) is 1. The van der Waals surface area contributed by atoms with Gasteiger partial charge in [-0.25, -0.2) is 0 Å². The fraction of sp³-hybridized carbons (Fsp3) is 0.895. The maximum absolute atomic E-state index is 10.9. The molecule has 1 N–H and O–H groups in total. The Kier molecular flexibility index (Phi) is 22.0. The van der Waals surface area contributed by atoms with Gasteiger partial charge in [0.2, 0.25) is 5.91 Å². The zero-order valence-corrected chi connectivity index (χ0v) is 15.9. The summed E-state index contributed by atoms with van der Waals surface area (Å²) in [6, 6.07) is 0. The molecule has 0 heterocycles. The van der Waals surface area contributed by atoms with Crippen LogP contribution in [0.2, 0.25) is 0 Å². The number of esters is 1.